The van der Waals surface area contributed by atoms with Crippen molar-refractivity contribution in [3.8, 4) is 0 Å². The number of rotatable bonds is 11. The fourth-order valence-electron chi connectivity index (χ4n) is 1.66. The van der Waals surface area contributed by atoms with E-state index < -0.39 is 0 Å². The van der Waals surface area contributed by atoms with Gasteiger partial charge in [-0.25, -0.2) is 0 Å². The van der Waals surface area contributed by atoms with Gasteiger partial charge < -0.3 is 4.74 Å². The Balaban J connectivity index is 3.55. The molecule has 3 nitrogen and oxygen atoms in total. The van der Waals surface area contributed by atoms with Crippen LogP contribution in [-0.2, 0) is 9.53 Å². The van der Waals surface area contributed by atoms with Gasteiger partial charge >= 0.3 is 5.97 Å². The second-order valence-corrected chi connectivity index (χ2v) is 4.78. The van der Waals surface area contributed by atoms with Gasteiger partial charge in [-0.2, -0.15) is 0 Å². The largest absolute Gasteiger partial charge is 0.465 e. The smallest absolute Gasteiger partial charge is 0.311 e. The van der Waals surface area contributed by atoms with Gasteiger partial charge in [-0.05, 0) is 19.8 Å². The van der Waals surface area contributed by atoms with Crippen LogP contribution in [0.15, 0.2) is 4.99 Å². The molecule has 0 aromatic heterocycles. The summed E-state index contributed by atoms with van der Waals surface area (Å²) in [6, 6.07) is 0. The van der Waals surface area contributed by atoms with Gasteiger partial charge in [-0.3, -0.25) is 9.79 Å². The summed E-state index contributed by atoms with van der Waals surface area (Å²) in [5, 5.41) is 0. The summed E-state index contributed by atoms with van der Waals surface area (Å²) < 4.78 is 5.14. The summed E-state index contributed by atoms with van der Waals surface area (Å²) in [6.07, 6.45) is 8.45. The summed E-state index contributed by atoms with van der Waals surface area (Å²) in [4.78, 5) is 15.8. The van der Waals surface area contributed by atoms with Crippen molar-refractivity contribution in [3.63, 3.8) is 0 Å². The number of aliphatic imine (C=N–C) groups is 1. The quantitative estimate of drug-likeness (QED) is 0.316. The summed E-state index contributed by atoms with van der Waals surface area (Å²) in [5.74, 6) is -0.138. The van der Waals surface area contributed by atoms with Crippen molar-refractivity contribution in [3.05, 3.63) is 0 Å². The Morgan fingerprint density at radius 3 is 2.33 bits per heavy atom. The highest BCUT2D eigenvalue weighted by Gasteiger charge is 2.04. The molecule has 0 saturated carbocycles. The molecule has 0 aliphatic carbocycles. The Morgan fingerprint density at radius 1 is 1.00 bits per heavy atom. The monoisotopic (exact) mass is 255 g/mol. The van der Waals surface area contributed by atoms with E-state index >= 15 is 0 Å². The molecule has 0 aromatic carbocycles. The molecular weight excluding hydrogens is 226 g/mol. The van der Waals surface area contributed by atoms with Gasteiger partial charge in [0.1, 0.15) is 0 Å². The van der Waals surface area contributed by atoms with E-state index in [1.165, 1.54) is 19.3 Å². The molecule has 0 bridgehead atoms. The first-order valence-corrected chi connectivity index (χ1v) is 7.36. The van der Waals surface area contributed by atoms with Crippen LogP contribution in [0.5, 0.6) is 0 Å². The lowest BCUT2D eigenvalue weighted by atomic mass is 10.2. The average Bonchev–Trinajstić information content (AvgIpc) is 2.34. The number of carbonyl (C=O) groups is 1. The van der Waals surface area contributed by atoms with Crippen molar-refractivity contribution < 1.29 is 9.53 Å². The van der Waals surface area contributed by atoms with Gasteiger partial charge in [0.25, 0.3) is 0 Å². The fraction of sp³-hybridized carbons (Fsp3) is 0.867. The van der Waals surface area contributed by atoms with E-state index in [0.717, 1.165) is 37.9 Å². The van der Waals surface area contributed by atoms with Gasteiger partial charge in [0, 0.05) is 12.3 Å². The first kappa shape index (κ1) is 17.1. The highest BCUT2D eigenvalue weighted by molar-refractivity contribution is 5.97. The summed E-state index contributed by atoms with van der Waals surface area (Å²) in [7, 11) is 0. The SMILES string of the molecule is CCCCCC/N=C(/C)CC(=O)OCCCCC. The lowest BCUT2D eigenvalue weighted by Crippen LogP contribution is -2.10. The molecule has 0 rings (SSSR count). The van der Waals surface area contributed by atoms with Crippen LogP contribution in [-0.4, -0.2) is 24.8 Å². The molecule has 0 spiro atoms. The van der Waals surface area contributed by atoms with Crippen LogP contribution >= 0.6 is 0 Å². The van der Waals surface area contributed by atoms with Crippen LogP contribution in [0.2, 0.25) is 0 Å². The van der Waals surface area contributed by atoms with Gasteiger partial charge in [-0.1, -0.05) is 46.0 Å². The lowest BCUT2D eigenvalue weighted by Gasteiger charge is -2.04. The van der Waals surface area contributed by atoms with E-state index in [4.69, 9.17) is 4.74 Å². The first-order chi connectivity index (χ1) is 8.70. The zero-order chi connectivity index (χ0) is 13.6. The Hall–Kier alpha value is -0.860. The molecule has 18 heavy (non-hydrogen) atoms. The number of nitrogens with zero attached hydrogens (tertiary/aromatic N) is 1. The van der Waals surface area contributed by atoms with Crippen LogP contribution < -0.4 is 0 Å². The van der Waals surface area contributed by atoms with Gasteiger partial charge in [0.15, 0.2) is 0 Å². The minimum atomic E-state index is -0.138. The number of hydrogen-bond donors (Lipinski definition) is 0. The van der Waals surface area contributed by atoms with Crippen LogP contribution in [0.3, 0.4) is 0 Å². The van der Waals surface area contributed by atoms with E-state index in [9.17, 15) is 4.79 Å². The lowest BCUT2D eigenvalue weighted by molar-refractivity contribution is -0.142. The Bertz CT molecular complexity index is 237. The molecule has 0 atom stereocenters. The van der Waals surface area contributed by atoms with Crippen molar-refractivity contribution in [1.82, 2.24) is 0 Å². The topological polar surface area (TPSA) is 38.7 Å². The Morgan fingerprint density at radius 2 is 1.67 bits per heavy atom. The number of ether oxygens (including phenoxy) is 1. The highest BCUT2D eigenvalue weighted by atomic mass is 16.5. The molecule has 0 fully saturated rings. The summed E-state index contributed by atoms with van der Waals surface area (Å²) >= 11 is 0. The molecule has 0 N–H and O–H groups in total. The number of hydrogen-bond acceptors (Lipinski definition) is 3. The third-order valence-electron chi connectivity index (χ3n) is 2.80. The van der Waals surface area contributed by atoms with Crippen LogP contribution in [0.25, 0.3) is 0 Å². The van der Waals surface area contributed by atoms with E-state index in [-0.39, 0.29) is 5.97 Å². The molecule has 0 aliphatic heterocycles. The molecule has 0 saturated heterocycles. The van der Waals surface area contributed by atoms with Crippen LogP contribution in [0.1, 0.15) is 72.1 Å². The normalized spacial score (nSPS) is 11.6. The van der Waals surface area contributed by atoms with Crippen molar-refractivity contribution in [2.24, 2.45) is 4.99 Å². The van der Waals surface area contributed by atoms with Gasteiger partial charge in [0.05, 0.1) is 13.0 Å². The zero-order valence-electron chi connectivity index (χ0n) is 12.3. The second kappa shape index (κ2) is 12.6. The number of esters is 1. The third-order valence-corrected chi connectivity index (χ3v) is 2.80. The maximum Gasteiger partial charge on any atom is 0.311 e. The van der Waals surface area contributed by atoms with Crippen LogP contribution in [0, 0.1) is 0 Å². The molecule has 0 unspecified atom stereocenters. The predicted octanol–water partition coefficient (Wildman–Crippen LogP) is 4.15. The molecule has 0 amide bonds. The Labute approximate surface area is 112 Å². The third kappa shape index (κ3) is 11.6. The molecule has 106 valence electrons. The molecule has 0 heterocycles. The molecule has 0 aliphatic rings. The average molecular weight is 255 g/mol. The molecule has 0 aromatic rings. The van der Waals surface area contributed by atoms with Crippen molar-refractivity contribution in [2.75, 3.05) is 13.2 Å². The van der Waals surface area contributed by atoms with E-state index in [0.29, 0.717) is 13.0 Å². The standard InChI is InChI=1S/C15H29NO2/c1-4-6-8-9-11-16-14(3)13-15(17)18-12-10-7-5-2/h4-13H2,1-3H3/b16-14-. The summed E-state index contributed by atoms with van der Waals surface area (Å²) in [6.45, 7) is 7.64. The minimum absolute atomic E-state index is 0.138. The maximum atomic E-state index is 11.4. The highest BCUT2D eigenvalue weighted by Crippen LogP contribution is 2.00. The van der Waals surface area contributed by atoms with E-state index in [1.807, 2.05) is 6.92 Å². The minimum Gasteiger partial charge on any atom is -0.465 e. The number of unbranched alkanes of at least 4 members (excludes halogenated alkanes) is 5. The second-order valence-electron chi connectivity index (χ2n) is 4.78. The predicted molar refractivity (Wildman–Crippen MR) is 77.2 cm³/mol. The van der Waals surface area contributed by atoms with Gasteiger partial charge in [-0.15, -0.1) is 0 Å². The van der Waals surface area contributed by atoms with E-state index in [2.05, 4.69) is 18.8 Å². The number of carbonyl (C=O) groups excluding carboxylic acids is 1. The summed E-state index contributed by atoms with van der Waals surface area (Å²) in [5.41, 5.74) is 0.895. The van der Waals surface area contributed by atoms with Crippen LogP contribution in [0.4, 0.5) is 0 Å². The van der Waals surface area contributed by atoms with Gasteiger partial charge in [0.2, 0.25) is 0 Å². The fourth-order valence-corrected chi connectivity index (χ4v) is 1.66. The molecule has 3 heteroatoms. The maximum absolute atomic E-state index is 11.4. The van der Waals surface area contributed by atoms with Crippen molar-refractivity contribution >= 4 is 11.7 Å². The first-order valence-electron chi connectivity index (χ1n) is 7.36. The van der Waals surface area contributed by atoms with Crippen molar-refractivity contribution in [1.29, 1.82) is 0 Å². The van der Waals surface area contributed by atoms with Crippen molar-refractivity contribution in [2.45, 2.75) is 72.1 Å². The zero-order valence-corrected chi connectivity index (χ0v) is 12.3. The molecule has 0 radical (unpaired) electrons. The van der Waals surface area contributed by atoms with E-state index in [1.54, 1.807) is 0 Å². The molecular formula is C15H29NO2. The Kier molecular flexibility index (Phi) is 12.0.